The van der Waals surface area contributed by atoms with E-state index in [1.807, 2.05) is 32.1 Å². The molecule has 0 saturated heterocycles. The molecule has 152 valence electrons. The second kappa shape index (κ2) is 7.25. The van der Waals surface area contributed by atoms with Gasteiger partial charge in [0.05, 0.1) is 12.0 Å². The molecule has 29 heavy (non-hydrogen) atoms. The van der Waals surface area contributed by atoms with Crippen LogP contribution in [0.2, 0.25) is 0 Å². The third-order valence-electron chi connectivity index (χ3n) is 5.72. The summed E-state index contributed by atoms with van der Waals surface area (Å²) in [5.74, 6) is 1.63. The fraction of sp³-hybridized carbons (Fsp3) is 0.400. The Labute approximate surface area is 172 Å². The molecule has 2 heterocycles. The van der Waals surface area contributed by atoms with Crippen molar-refractivity contribution < 1.29 is 19.4 Å². The van der Waals surface area contributed by atoms with Crippen LogP contribution in [-0.2, 0) is 12.8 Å². The fourth-order valence-corrected chi connectivity index (χ4v) is 4.00. The van der Waals surface area contributed by atoms with Gasteiger partial charge in [-0.3, -0.25) is 4.79 Å². The van der Waals surface area contributed by atoms with Crippen LogP contribution in [0.5, 0.6) is 17.2 Å². The Morgan fingerprint density at radius 1 is 1.24 bits per heavy atom. The van der Waals surface area contributed by atoms with Crippen molar-refractivity contribution in [3.63, 3.8) is 0 Å². The van der Waals surface area contributed by atoms with Crippen LogP contribution < -0.4 is 9.47 Å². The number of phenolic OH excluding ortho intramolecular Hbond substituents is 1. The van der Waals surface area contributed by atoms with Gasteiger partial charge in [-0.05, 0) is 82.3 Å². The number of allylic oxidation sites excluding steroid dienone is 2. The van der Waals surface area contributed by atoms with Crippen LogP contribution in [0.15, 0.2) is 42.0 Å². The Balaban J connectivity index is 1.68. The summed E-state index contributed by atoms with van der Waals surface area (Å²) in [5.41, 5.74) is 4.36. The molecule has 0 aromatic heterocycles. The van der Waals surface area contributed by atoms with Gasteiger partial charge in [-0.15, -0.1) is 0 Å². The lowest BCUT2D eigenvalue weighted by Crippen LogP contribution is -2.32. The average molecular weight is 392 g/mol. The number of ether oxygens (including phenoxy) is 2. The maximum Gasteiger partial charge on any atom is 0.170 e. The van der Waals surface area contributed by atoms with Gasteiger partial charge in [-0.2, -0.15) is 0 Å². The zero-order chi connectivity index (χ0) is 20.8. The van der Waals surface area contributed by atoms with E-state index in [0.29, 0.717) is 29.7 Å². The zero-order valence-electron chi connectivity index (χ0n) is 17.5. The van der Waals surface area contributed by atoms with Gasteiger partial charge < -0.3 is 14.6 Å². The summed E-state index contributed by atoms with van der Waals surface area (Å²) in [7, 11) is 0. The quantitative estimate of drug-likeness (QED) is 0.680. The molecule has 0 fully saturated rings. The number of Topliss-reactive ketones (excluding diaryl/α,β-unsaturated/α-hetero) is 1. The lowest BCUT2D eigenvalue weighted by Gasteiger charge is -2.33. The Morgan fingerprint density at radius 2 is 2.03 bits per heavy atom. The first-order chi connectivity index (χ1) is 13.7. The van der Waals surface area contributed by atoms with Crippen molar-refractivity contribution in [1.82, 2.24) is 0 Å². The predicted molar refractivity (Wildman–Crippen MR) is 113 cm³/mol. The van der Waals surface area contributed by atoms with Crippen LogP contribution >= 0.6 is 0 Å². The Morgan fingerprint density at radius 3 is 2.79 bits per heavy atom. The first-order valence-electron chi connectivity index (χ1n) is 10.2. The summed E-state index contributed by atoms with van der Waals surface area (Å²) in [6, 6.07) is 9.33. The fourth-order valence-electron chi connectivity index (χ4n) is 4.00. The molecule has 0 radical (unpaired) electrons. The minimum Gasteiger partial charge on any atom is -0.508 e. The Hall–Kier alpha value is -2.75. The number of benzene rings is 2. The molecular formula is C25H28O4. The Kier molecular flexibility index (Phi) is 4.89. The molecular weight excluding hydrogens is 364 g/mol. The SMILES string of the molecule is CC(C)=CCc1c(O)ccc2c1O[C@H](c1ccc3c(c1)CCC(C)(C)O3)CC2=O. The highest BCUT2D eigenvalue weighted by Gasteiger charge is 2.32. The summed E-state index contributed by atoms with van der Waals surface area (Å²) in [6.45, 7) is 8.23. The van der Waals surface area contributed by atoms with Crippen molar-refractivity contribution in [2.45, 2.75) is 65.1 Å². The summed E-state index contributed by atoms with van der Waals surface area (Å²) >= 11 is 0. The molecule has 4 nitrogen and oxygen atoms in total. The molecule has 1 N–H and O–H groups in total. The van der Waals surface area contributed by atoms with Crippen molar-refractivity contribution in [2.24, 2.45) is 0 Å². The normalized spacial score (nSPS) is 19.4. The van der Waals surface area contributed by atoms with E-state index in [1.54, 1.807) is 12.1 Å². The van der Waals surface area contributed by atoms with E-state index in [-0.39, 0.29) is 23.2 Å². The van der Waals surface area contributed by atoms with Crippen LogP contribution in [0, 0.1) is 0 Å². The van der Waals surface area contributed by atoms with E-state index in [0.717, 1.165) is 35.3 Å². The number of rotatable bonds is 3. The van der Waals surface area contributed by atoms with Crippen molar-refractivity contribution in [1.29, 1.82) is 0 Å². The molecule has 0 saturated carbocycles. The van der Waals surface area contributed by atoms with E-state index in [4.69, 9.17) is 9.47 Å². The standard InChI is InChI=1S/C25H28O4/c1-15(2)5-7-18-20(26)9-8-19-21(27)14-23(28-24(18)19)16-6-10-22-17(13-16)11-12-25(3,4)29-22/h5-6,8-10,13,23,26H,7,11-12,14H2,1-4H3/t23-/m0/s1. The van der Waals surface area contributed by atoms with E-state index >= 15 is 0 Å². The lowest BCUT2D eigenvalue weighted by atomic mass is 9.90. The summed E-state index contributed by atoms with van der Waals surface area (Å²) < 4.78 is 12.4. The second-order valence-corrected chi connectivity index (χ2v) is 8.89. The second-order valence-electron chi connectivity index (χ2n) is 8.89. The molecule has 0 amide bonds. The molecule has 0 spiro atoms. The van der Waals surface area contributed by atoms with Crippen LogP contribution in [-0.4, -0.2) is 16.5 Å². The third-order valence-corrected chi connectivity index (χ3v) is 5.72. The first kappa shape index (κ1) is 19.6. The van der Waals surface area contributed by atoms with E-state index in [2.05, 4.69) is 19.9 Å². The van der Waals surface area contributed by atoms with Crippen molar-refractivity contribution in [2.75, 3.05) is 0 Å². The highest BCUT2D eigenvalue weighted by Crippen LogP contribution is 2.42. The number of aryl methyl sites for hydroxylation is 1. The Bertz CT molecular complexity index is 996. The van der Waals surface area contributed by atoms with E-state index in [9.17, 15) is 9.90 Å². The maximum atomic E-state index is 12.8. The van der Waals surface area contributed by atoms with Crippen LogP contribution in [0.4, 0.5) is 0 Å². The number of carbonyl (C=O) groups excluding carboxylic acids is 1. The molecule has 1 atom stereocenters. The number of hydrogen-bond donors (Lipinski definition) is 1. The van der Waals surface area contributed by atoms with Crippen LogP contribution in [0.3, 0.4) is 0 Å². The van der Waals surface area contributed by atoms with Gasteiger partial charge in [-0.25, -0.2) is 0 Å². The molecule has 4 rings (SSSR count). The molecule has 2 aromatic rings. The minimum absolute atomic E-state index is 0.0461. The molecule has 2 aliphatic rings. The van der Waals surface area contributed by atoms with E-state index < -0.39 is 0 Å². The van der Waals surface area contributed by atoms with Gasteiger partial charge in [0, 0.05) is 5.56 Å². The number of hydrogen-bond acceptors (Lipinski definition) is 4. The van der Waals surface area contributed by atoms with Gasteiger partial charge in [0.15, 0.2) is 5.78 Å². The molecule has 0 aliphatic carbocycles. The zero-order valence-corrected chi connectivity index (χ0v) is 17.5. The number of aromatic hydroxyl groups is 1. The lowest BCUT2D eigenvalue weighted by molar-refractivity contribution is 0.0832. The molecule has 2 aliphatic heterocycles. The average Bonchev–Trinajstić information content (AvgIpc) is 2.65. The molecule has 0 bridgehead atoms. The highest BCUT2D eigenvalue weighted by molar-refractivity contribution is 6.00. The third kappa shape index (κ3) is 3.89. The van der Waals surface area contributed by atoms with Crippen molar-refractivity contribution in [3.8, 4) is 17.2 Å². The molecule has 0 unspecified atom stereocenters. The van der Waals surface area contributed by atoms with Gasteiger partial charge in [0.1, 0.15) is 29.0 Å². The minimum atomic E-state index is -0.359. The summed E-state index contributed by atoms with van der Waals surface area (Å²) in [6.07, 6.45) is 4.40. The van der Waals surface area contributed by atoms with Crippen LogP contribution in [0.25, 0.3) is 0 Å². The first-order valence-corrected chi connectivity index (χ1v) is 10.2. The molecule has 4 heteroatoms. The van der Waals surface area contributed by atoms with Gasteiger partial charge >= 0.3 is 0 Å². The van der Waals surface area contributed by atoms with Crippen molar-refractivity contribution >= 4 is 5.78 Å². The number of ketones is 1. The predicted octanol–water partition coefficient (Wildman–Crippen LogP) is 5.71. The highest BCUT2D eigenvalue weighted by atomic mass is 16.5. The summed E-state index contributed by atoms with van der Waals surface area (Å²) in [4.78, 5) is 12.8. The number of carbonyl (C=O) groups is 1. The van der Waals surface area contributed by atoms with Gasteiger partial charge in [0.25, 0.3) is 0 Å². The van der Waals surface area contributed by atoms with Gasteiger partial charge in [0.2, 0.25) is 0 Å². The van der Waals surface area contributed by atoms with Crippen molar-refractivity contribution in [3.05, 3.63) is 64.2 Å². The van der Waals surface area contributed by atoms with E-state index in [1.165, 1.54) is 0 Å². The smallest absolute Gasteiger partial charge is 0.170 e. The largest absolute Gasteiger partial charge is 0.508 e. The maximum absolute atomic E-state index is 12.8. The monoisotopic (exact) mass is 392 g/mol. The summed E-state index contributed by atoms with van der Waals surface area (Å²) in [5, 5.41) is 10.4. The topological polar surface area (TPSA) is 55.8 Å². The van der Waals surface area contributed by atoms with Crippen LogP contribution in [0.1, 0.15) is 73.7 Å². The number of fused-ring (bicyclic) bond motifs is 2. The van der Waals surface area contributed by atoms with Gasteiger partial charge in [-0.1, -0.05) is 17.7 Å². The number of phenols is 1. The molecule has 2 aromatic carbocycles.